The summed E-state index contributed by atoms with van der Waals surface area (Å²) in [6.45, 7) is 6.59. The van der Waals surface area contributed by atoms with E-state index in [0.29, 0.717) is 5.16 Å². The molecule has 1 aliphatic rings. The Bertz CT molecular complexity index is 675. The van der Waals surface area contributed by atoms with Crippen LogP contribution in [0.5, 0.6) is 0 Å². The van der Waals surface area contributed by atoms with Crippen molar-refractivity contribution in [1.82, 2.24) is 25.4 Å². The first-order valence-corrected chi connectivity index (χ1v) is 9.10. The smallest absolute Gasteiger partial charge is 0.233 e. The van der Waals surface area contributed by atoms with Crippen molar-refractivity contribution in [3.8, 4) is 0 Å². The lowest BCUT2D eigenvalue weighted by molar-refractivity contribution is -0.120. The zero-order valence-corrected chi connectivity index (χ0v) is 14.8. The number of aromatic amines is 1. The van der Waals surface area contributed by atoms with Crippen LogP contribution in [0.25, 0.3) is 0 Å². The van der Waals surface area contributed by atoms with Crippen LogP contribution in [-0.2, 0) is 11.3 Å². The second kappa shape index (κ2) is 7.81. The monoisotopic (exact) mass is 345 g/mol. The molecule has 0 aliphatic carbocycles. The number of aryl methyl sites for hydroxylation is 1. The van der Waals surface area contributed by atoms with Gasteiger partial charge in [0, 0.05) is 25.7 Å². The van der Waals surface area contributed by atoms with Crippen LogP contribution in [0.15, 0.2) is 35.5 Å². The van der Waals surface area contributed by atoms with Crippen LogP contribution in [0.2, 0.25) is 0 Å². The summed E-state index contributed by atoms with van der Waals surface area (Å²) in [6.07, 6.45) is 0.996. The number of hydrogen-bond acceptors (Lipinski definition) is 5. The number of thioether (sulfide) groups is 1. The zero-order valence-electron chi connectivity index (χ0n) is 14.0. The molecule has 0 bridgehead atoms. The molecule has 2 heterocycles. The Balaban J connectivity index is 1.45. The van der Waals surface area contributed by atoms with Crippen molar-refractivity contribution >= 4 is 17.7 Å². The Morgan fingerprint density at radius 2 is 2.25 bits per heavy atom. The first kappa shape index (κ1) is 17.0. The Morgan fingerprint density at radius 1 is 1.46 bits per heavy atom. The van der Waals surface area contributed by atoms with Crippen LogP contribution in [0, 0.1) is 6.92 Å². The molecular weight excluding hydrogens is 322 g/mol. The predicted octanol–water partition coefficient (Wildman–Crippen LogP) is 1.98. The average molecular weight is 345 g/mol. The Hall–Kier alpha value is -1.86. The van der Waals surface area contributed by atoms with E-state index in [4.69, 9.17) is 0 Å². The van der Waals surface area contributed by atoms with E-state index in [1.807, 2.05) is 19.9 Å². The first-order valence-electron chi connectivity index (χ1n) is 8.22. The lowest BCUT2D eigenvalue weighted by Gasteiger charge is -2.18. The van der Waals surface area contributed by atoms with Gasteiger partial charge in [-0.3, -0.25) is 14.8 Å². The second-order valence-corrected chi connectivity index (χ2v) is 7.49. The van der Waals surface area contributed by atoms with Crippen LogP contribution in [0.1, 0.15) is 24.7 Å². The molecule has 0 spiro atoms. The third kappa shape index (κ3) is 4.58. The van der Waals surface area contributed by atoms with Gasteiger partial charge < -0.3 is 5.32 Å². The molecule has 2 N–H and O–H groups in total. The van der Waals surface area contributed by atoms with Gasteiger partial charge in [0.15, 0.2) is 0 Å². The number of aromatic nitrogens is 3. The van der Waals surface area contributed by atoms with Crippen LogP contribution in [-0.4, -0.2) is 50.4 Å². The summed E-state index contributed by atoms with van der Waals surface area (Å²) in [5, 5.41) is 10.4. The molecule has 24 heavy (non-hydrogen) atoms. The summed E-state index contributed by atoms with van der Waals surface area (Å²) in [6, 6.07) is 10.7. The van der Waals surface area contributed by atoms with Crippen molar-refractivity contribution in [1.29, 1.82) is 0 Å². The number of H-pyrrole nitrogens is 1. The maximum absolute atomic E-state index is 12.4. The number of carbonyl (C=O) groups is 1. The van der Waals surface area contributed by atoms with Crippen molar-refractivity contribution in [3.63, 3.8) is 0 Å². The average Bonchev–Trinajstić information content (AvgIpc) is 3.17. The summed E-state index contributed by atoms with van der Waals surface area (Å²) >= 11 is 1.38. The van der Waals surface area contributed by atoms with Gasteiger partial charge >= 0.3 is 0 Å². The van der Waals surface area contributed by atoms with Gasteiger partial charge in [-0.05, 0) is 25.8 Å². The van der Waals surface area contributed by atoms with Crippen molar-refractivity contribution in [2.45, 2.75) is 43.3 Å². The maximum atomic E-state index is 12.4. The molecule has 1 saturated heterocycles. The number of hydrogen-bond donors (Lipinski definition) is 2. The number of likely N-dealkylation sites (tertiary alicyclic amines) is 1. The summed E-state index contributed by atoms with van der Waals surface area (Å²) < 4.78 is 0. The third-order valence-electron chi connectivity index (χ3n) is 4.10. The largest absolute Gasteiger partial charge is 0.351 e. The minimum absolute atomic E-state index is 0.0500. The van der Waals surface area contributed by atoms with E-state index in [9.17, 15) is 4.79 Å². The molecule has 3 rings (SSSR count). The molecule has 7 heteroatoms. The maximum Gasteiger partial charge on any atom is 0.233 e. The SMILES string of the molecule is Cc1nc(SC(C)C(=O)NC2CCN(Cc3ccccc3)C2)n[nH]1. The van der Waals surface area contributed by atoms with Gasteiger partial charge in [0.2, 0.25) is 11.1 Å². The van der Waals surface area contributed by atoms with Crippen LogP contribution < -0.4 is 5.32 Å². The first-order chi connectivity index (χ1) is 11.6. The van der Waals surface area contributed by atoms with Crippen molar-refractivity contribution in [2.75, 3.05) is 13.1 Å². The van der Waals surface area contributed by atoms with Gasteiger partial charge in [0.1, 0.15) is 5.82 Å². The van der Waals surface area contributed by atoms with E-state index in [1.54, 1.807) is 0 Å². The number of nitrogens with one attached hydrogen (secondary N) is 2. The van der Waals surface area contributed by atoms with Gasteiger partial charge in [-0.1, -0.05) is 42.1 Å². The highest BCUT2D eigenvalue weighted by Crippen LogP contribution is 2.20. The third-order valence-corrected chi connectivity index (χ3v) is 5.06. The van der Waals surface area contributed by atoms with Crippen LogP contribution in [0.3, 0.4) is 0 Å². The van der Waals surface area contributed by atoms with Crippen molar-refractivity contribution < 1.29 is 4.79 Å². The summed E-state index contributed by atoms with van der Waals surface area (Å²) in [5.41, 5.74) is 1.31. The van der Waals surface area contributed by atoms with Gasteiger partial charge in [-0.25, -0.2) is 4.98 Å². The summed E-state index contributed by atoms with van der Waals surface area (Å²) in [7, 11) is 0. The van der Waals surface area contributed by atoms with E-state index < -0.39 is 0 Å². The highest BCUT2D eigenvalue weighted by molar-refractivity contribution is 8.00. The summed E-state index contributed by atoms with van der Waals surface area (Å²) in [5.74, 6) is 0.812. The molecule has 1 amide bonds. The van der Waals surface area contributed by atoms with E-state index in [2.05, 4.69) is 49.7 Å². The molecule has 1 aromatic carbocycles. The second-order valence-electron chi connectivity index (χ2n) is 6.18. The molecule has 2 atom stereocenters. The Labute approximate surface area is 146 Å². The van der Waals surface area contributed by atoms with E-state index in [-0.39, 0.29) is 17.2 Å². The number of rotatable bonds is 6. The molecular formula is C17H23N5OS. The predicted molar refractivity (Wildman–Crippen MR) is 94.7 cm³/mol. The lowest BCUT2D eigenvalue weighted by Crippen LogP contribution is -2.40. The zero-order chi connectivity index (χ0) is 16.9. The molecule has 6 nitrogen and oxygen atoms in total. The van der Waals surface area contributed by atoms with E-state index >= 15 is 0 Å². The van der Waals surface area contributed by atoms with Gasteiger partial charge in [-0.2, -0.15) is 0 Å². The number of benzene rings is 1. The highest BCUT2D eigenvalue weighted by Gasteiger charge is 2.26. The van der Waals surface area contributed by atoms with Crippen molar-refractivity contribution in [2.24, 2.45) is 0 Å². The Kier molecular flexibility index (Phi) is 5.52. The van der Waals surface area contributed by atoms with Crippen LogP contribution >= 0.6 is 11.8 Å². The highest BCUT2D eigenvalue weighted by atomic mass is 32.2. The van der Waals surface area contributed by atoms with Gasteiger partial charge in [0.25, 0.3) is 0 Å². The van der Waals surface area contributed by atoms with E-state index in [0.717, 1.165) is 31.9 Å². The molecule has 1 aromatic heterocycles. The normalized spacial score (nSPS) is 19.3. The molecule has 2 unspecified atom stereocenters. The topological polar surface area (TPSA) is 73.9 Å². The molecule has 0 radical (unpaired) electrons. The van der Waals surface area contributed by atoms with Gasteiger partial charge in [-0.15, -0.1) is 5.10 Å². The fourth-order valence-corrected chi connectivity index (χ4v) is 3.62. The standard InChI is InChI=1S/C17H23N5OS/c1-12(24-17-18-13(2)20-21-17)16(23)19-15-8-9-22(11-15)10-14-6-4-3-5-7-14/h3-7,12,15H,8-11H2,1-2H3,(H,19,23)(H,18,20,21). The fourth-order valence-electron chi connectivity index (χ4n) is 2.84. The molecule has 0 saturated carbocycles. The molecule has 2 aromatic rings. The lowest BCUT2D eigenvalue weighted by atomic mass is 10.2. The van der Waals surface area contributed by atoms with Crippen LogP contribution in [0.4, 0.5) is 0 Å². The quantitative estimate of drug-likeness (QED) is 0.783. The van der Waals surface area contributed by atoms with E-state index in [1.165, 1.54) is 17.3 Å². The minimum atomic E-state index is -0.205. The summed E-state index contributed by atoms with van der Waals surface area (Å²) in [4.78, 5) is 19.0. The Morgan fingerprint density at radius 3 is 2.96 bits per heavy atom. The number of nitrogens with zero attached hydrogens (tertiary/aromatic N) is 3. The molecule has 1 aliphatic heterocycles. The molecule has 1 fully saturated rings. The van der Waals surface area contributed by atoms with Crippen molar-refractivity contribution in [3.05, 3.63) is 41.7 Å². The number of amides is 1. The minimum Gasteiger partial charge on any atom is -0.351 e. The number of carbonyl (C=O) groups excluding carboxylic acids is 1. The fraction of sp³-hybridized carbons (Fsp3) is 0.471. The van der Waals surface area contributed by atoms with Gasteiger partial charge in [0.05, 0.1) is 5.25 Å². The molecule has 128 valence electrons.